The lowest BCUT2D eigenvalue weighted by Gasteiger charge is -2.30. The van der Waals surface area contributed by atoms with Crippen molar-refractivity contribution in [2.24, 2.45) is 5.92 Å². The van der Waals surface area contributed by atoms with Crippen molar-refractivity contribution < 1.29 is 18.0 Å². The number of benzene rings is 2. The Balaban J connectivity index is 1.70. The average Bonchev–Trinajstić information content (AvgIpc) is 2.68. The fourth-order valence-electron chi connectivity index (χ4n) is 3.66. The van der Waals surface area contributed by atoms with Crippen LogP contribution >= 0.6 is 0 Å². The van der Waals surface area contributed by atoms with Gasteiger partial charge >= 0.3 is 0 Å². The van der Waals surface area contributed by atoms with Gasteiger partial charge in [-0.05, 0) is 49.2 Å². The van der Waals surface area contributed by atoms with Crippen LogP contribution < -0.4 is 10.6 Å². The predicted octanol–water partition coefficient (Wildman–Crippen LogP) is 1.79. The first-order valence-corrected chi connectivity index (χ1v) is 10.4. The highest BCUT2D eigenvalue weighted by atomic mass is 32.2. The summed E-state index contributed by atoms with van der Waals surface area (Å²) in [5.74, 6) is -0.336. The molecule has 6 nitrogen and oxygen atoms in total. The molecular formula is C20H20N2O4S. The van der Waals surface area contributed by atoms with Crippen LogP contribution in [-0.4, -0.2) is 39.2 Å². The van der Waals surface area contributed by atoms with Gasteiger partial charge in [-0.25, -0.2) is 8.42 Å². The minimum absolute atomic E-state index is 0.00911. The van der Waals surface area contributed by atoms with Crippen molar-refractivity contribution in [3.63, 3.8) is 0 Å². The van der Waals surface area contributed by atoms with E-state index in [0.717, 1.165) is 13.0 Å². The molecule has 4 rings (SSSR count). The van der Waals surface area contributed by atoms with Gasteiger partial charge in [0.25, 0.3) is 5.91 Å². The zero-order valence-electron chi connectivity index (χ0n) is 14.9. The van der Waals surface area contributed by atoms with Gasteiger partial charge in [0, 0.05) is 29.3 Å². The summed E-state index contributed by atoms with van der Waals surface area (Å²) in [5, 5.41) is 6.21. The van der Waals surface area contributed by atoms with Gasteiger partial charge in [0.05, 0.1) is 9.79 Å². The van der Waals surface area contributed by atoms with E-state index in [2.05, 4.69) is 17.6 Å². The number of carbonyl (C=O) groups excluding carboxylic acids is 2. The van der Waals surface area contributed by atoms with Crippen LogP contribution in [0.15, 0.2) is 52.3 Å². The number of piperidine rings is 1. The molecule has 27 heavy (non-hydrogen) atoms. The lowest BCUT2D eigenvalue weighted by Crippen LogP contribution is -2.50. The summed E-state index contributed by atoms with van der Waals surface area (Å²) >= 11 is 0. The maximum atomic E-state index is 13.0. The van der Waals surface area contributed by atoms with Crippen molar-refractivity contribution in [1.29, 1.82) is 0 Å². The molecule has 2 atom stereocenters. The fraction of sp³-hybridized carbons (Fsp3) is 0.300. The van der Waals surface area contributed by atoms with Crippen LogP contribution in [0.25, 0.3) is 0 Å². The molecule has 2 aliphatic rings. The molecule has 2 aromatic carbocycles. The number of rotatable bonds is 2. The number of ketones is 1. The highest BCUT2D eigenvalue weighted by Crippen LogP contribution is 2.34. The Labute approximate surface area is 157 Å². The normalized spacial score (nSPS) is 23.2. The third-order valence-electron chi connectivity index (χ3n) is 5.34. The number of nitrogens with one attached hydrogen (secondary N) is 2. The van der Waals surface area contributed by atoms with Crippen LogP contribution in [0.4, 0.5) is 0 Å². The standard InChI is InChI=1S/C20H20N2O4S/c1-12-8-9-21-11-16(12)22-20(24)13-6-7-15-18(10-13)27(25,26)17-5-3-2-4-14(17)19(15)23/h2-7,10,12,16,21H,8-9,11H2,1H3,(H,22,24). The van der Waals surface area contributed by atoms with Gasteiger partial charge in [-0.2, -0.15) is 0 Å². The summed E-state index contributed by atoms with van der Waals surface area (Å²) in [6, 6.07) is 10.4. The number of fused-ring (bicyclic) bond motifs is 2. The molecule has 0 bridgehead atoms. The van der Waals surface area contributed by atoms with Crippen molar-refractivity contribution in [3.05, 3.63) is 59.2 Å². The molecule has 2 N–H and O–H groups in total. The van der Waals surface area contributed by atoms with Crippen molar-refractivity contribution in [2.75, 3.05) is 13.1 Å². The Hall–Kier alpha value is -2.51. The van der Waals surface area contributed by atoms with Crippen molar-refractivity contribution >= 4 is 21.5 Å². The lowest BCUT2D eigenvalue weighted by molar-refractivity contribution is 0.0913. The Morgan fingerprint density at radius 1 is 1.11 bits per heavy atom. The highest BCUT2D eigenvalue weighted by molar-refractivity contribution is 7.91. The van der Waals surface area contributed by atoms with Gasteiger partial charge < -0.3 is 10.6 Å². The highest BCUT2D eigenvalue weighted by Gasteiger charge is 2.35. The Morgan fingerprint density at radius 3 is 2.63 bits per heavy atom. The SMILES string of the molecule is CC1CCNCC1NC(=O)c1ccc2c(c1)S(=O)(=O)c1ccccc1C2=O. The first-order valence-electron chi connectivity index (χ1n) is 8.94. The number of sulfone groups is 1. The molecule has 0 spiro atoms. The molecule has 2 heterocycles. The average molecular weight is 384 g/mol. The van der Waals surface area contributed by atoms with Crippen LogP contribution in [0, 0.1) is 5.92 Å². The maximum Gasteiger partial charge on any atom is 0.251 e. The number of hydrogen-bond donors (Lipinski definition) is 2. The van der Waals surface area contributed by atoms with Crippen molar-refractivity contribution in [1.82, 2.24) is 10.6 Å². The number of carbonyl (C=O) groups is 2. The van der Waals surface area contributed by atoms with E-state index in [4.69, 9.17) is 0 Å². The summed E-state index contributed by atoms with van der Waals surface area (Å²) in [7, 11) is -3.85. The largest absolute Gasteiger partial charge is 0.348 e. The quantitative estimate of drug-likeness (QED) is 0.703. The summed E-state index contributed by atoms with van der Waals surface area (Å²) < 4.78 is 25.9. The smallest absolute Gasteiger partial charge is 0.251 e. The van der Waals surface area contributed by atoms with E-state index in [1.165, 1.54) is 30.3 Å². The first kappa shape index (κ1) is 17.9. The topological polar surface area (TPSA) is 92.3 Å². The molecule has 7 heteroatoms. The van der Waals surface area contributed by atoms with E-state index in [-0.39, 0.29) is 44.2 Å². The minimum atomic E-state index is -3.85. The summed E-state index contributed by atoms with van der Waals surface area (Å²) in [6.45, 7) is 3.69. The fourth-order valence-corrected chi connectivity index (χ4v) is 5.34. The molecule has 1 amide bonds. The molecule has 2 aromatic rings. The van der Waals surface area contributed by atoms with E-state index in [1.807, 2.05) is 0 Å². The van der Waals surface area contributed by atoms with E-state index >= 15 is 0 Å². The van der Waals surface area contributed by atoms with E-state index in [1.54, 1.807) is 12.1 Å². The van der Waals surface area contributed by atoms with Gasteiger partial charge in [-0.3, -0.25) is 9.59 Å². The molecule has 2 aliphatic heterocycles. The van der Waals surface area contributed by atoms with Gasteiger partial charge in [-0.15, -0.1) is 0 Å². The third-order valence-corrected chi connectivity index (χ3v) is 7.20. The second-order valence-electron chi connectivity index (χ2n) is 7.09. The van der Waals surface area contributed by atoms with E-state index in [0.29, 0.717) is 12.5 Å². The van der Waals surface area contributed by atoms with Crippen molar-refractivity contribution in [3.8, 4) is 0 Å². The Kier molecular flexibility index (Phi) is 4.36. The summed E-state index contributed by atoms with van der Waals surface area (Å²) in [5.41, 5.74) is 0.518. The molecule has 1 fully saturated rings. The zero-order chi connectivity index (χ0) is 19.2. The molecule has 0 aliphatic carbocycles. The second kappa shape index (κ2) is 6.58. The van der Waals surface area contributed by atoms with Crippen LogP contribution in [0.3, 0.4) is 0 Å². The molecule has 0 radical (unpaired) electrons. The van der Waals surface area contributed by atoms with E-state index in [9.17, 15) is 18.0 Å². The minimum Gasteiger partial charge on any atom is -0.348 e. The molecule has 140 valence electrons. The van der Waals surface area contributed by atoms with Gasteiger partial charge in [0.15, 0.2) is 5.78 Å². The zero-order valence-corrected chi connectivity index (χ0v) is 15.7. The molecule has 0 saturated carbocycles. The molecular weight excluding hydrogens is 364 g/mol. The maximum absolute atomic E-state index is 13.0. The first-order chi connectivity index (χ1) is 12.9. The van der Waals surface area contributed by atoms with Gasteiger partial charge in [0.2, 0.25) is 9.84 Å². The van der Waals surface area contributed by atoms with E-state index < -0.39 is 9.84 Å². The van der Waals surface area contributed by atoms with Crippen LogP contribution in [0.5, 0.6) is 0 Å². The second-order valence-corrected chi connectivity index (χ2v) is 8.98. The third kappa shape index (κ3) is 2.96. The van der Waals surface area contributed by atoms with Crippen LogP contribution in [0.1, 0.15) is 39.6 Å². The molecule has 1 saturated heterocycles. The van der Waals surface area contributed by atoms with Crippen LogP contribution in [0.2, 0.25) is 0 Å². The monoisotopic (exact) mass is 384 g/mol. The van der Waals surface area contributed by atoms with Gasteiger partial charge in [0.1, 0.15) is 0 Å². The Morgan fingerprint density at radius 2 is 1.85 bits per heavy atom. The molecule has 0 aromatic heterocycles. The summed E-state index contributed by atoms with van der Waals surface area (Å²) in [6.07, 6.45) is 0.967. The number of hydrogen-bond acceptors (Lipinski definition) is 5. The summed E-state index contributed by atoms with van der Waals surface area (Å²) in [4.78, 5) is 25.2. The Bertz CT molecular complexity index is 1050. The van der Waals surface area contributed by atoms with Gasteiger partial charge in [-0.1, -0.05) is 19.1 Å². The van der Waals surface area contributed by atoms with Crippen molar-refractivity contribution in [2.45, 2.75) is 29.2 Å². The predicted molar refractivity (Wildman–Crippen MR) is 99.7 cm³/mol. The lowest BCUT2D eigenvalue weighted by atomic mass is 9.94. The molecule has 2 unspecified atom stereocenters. The number of amides is 1. The van der Waals surface area contributed by atoms with Crippen LogP contribution in [-0.2, 0) is 9.84 Å².